The molecule has 1 saturated carbocycles. The van der Waals surface area contributed by atoms with Crippen LogP contribution in [0.3, 0.4) is 0 Å². The van der Waals surface area contributed by atoms with Gasteiger partial charge in [-0.15, -0.1) is 0 Å². The van der Waals surface area contributed by atoms with E-state index in [9.17, 15) is 0 Å². The van der Waals surface area contributed by atoms with E-state index >= 15 is 0 Å². The maximum Gasteiger partial charge on any atom is 0.119 e. The van der Waals surface area contributed by atoms with E-state index in [1.165, 1.54) is 37.0 Å². The number of nitrogens with zero attached hydrogens (tertiary/aromatic N) is 1. The van der Waals surface area contributed by atoms with Crippen LogP contribution in [0.15, 0.2) is 60.5 Å². The normalized spacial score (nSPS) is 28.8. The molecule has 0 bridgehead atoms. The Hall–Kier alpha value is -1.91. The average molecular weight is 409 g/mol. The van der Waals surface area contributed by atoms with Crippen molar-refractivity contribution in [3.63, 3.8) is 0 Å². The van der Waals surface area contributed by atoms with Crippen LogP contribution in [0.1, 0.15) is 64.0 Å². The van der Waals surface area contributed by atoms with Crippen molar-refractivity contribution in [1.82, 2.24) is 10.3 Å². The highest BCUT2D eigenvalue weighted by atomic mass is 16.5. The van der Waals surface area contributed by atoms with Crippen LogP contribution in [0.4, 0.5) is 0 Å². The summed E-state index contributed by atoms with van der Waals surface area (Å²) in [5, 5.41) is 3.83. The first-order valence-corrected chi connectivity index (χ1v) is 11.6. The fraction of sp³-hybridized carbons (Fsp3) is 0.577. The first-order valence-electron chi connectivity index (χ1n) is 11.6. The molecule has 4 rings (SSSR count). The van der Waals surface area contributed by atoms with E-state index in [4.69, 9.17) is 14.5 Å². The third-order valence-electron chi connectivity index (χ3n) is 7.33. The van der Waals surface area contributed by atoms with Gasteiger partial charge in [-0.25, -0.2) is 0 Å². The van der Waals surface area contributed by atoms with Crippen molar-refractivity contribution < 1.29 is 9.47 Å². The van der Waals surface area contributed by atoms with E-state index in [0.717, 1.165) is 51.2 Å². The molecule has 3 aliphatic rings. The van der Waals surface area contributed by atoms with Crippen LogP contribution in [-0.4, -0.2) is 36.4 Å². The van der Waals surface area contributed by atoms with E-state index < -0.39 is 0 Å². The summed E-state index contributed by atoms with van der Waals surface area (Å²) in [6, 6.07) is 6.75. The van der Waals surface area contributed by atoms with Gasteiger partial charge in [-0.2, -0.15) is 0 Å². The van der Waals surface area contributed by atoms with Crippen molar-refractivity contribution in [1.29, 1.82) is 0 Å². The highest BCUT2D eigenvalue weighted by Gasteiger charge is 2.48. The minimum Gasteiger partial charge on any atom is -0.494 e. The van der Waals surface area contributed by atoms with Crippen molar-refractivity contribution in [3.8, 4) is 0 Å². The maximum absolute atomic E-state index is 6.38. The topological polar surface area (TPSA) is 43.4 Å². The Labute approximate surface area is 181 Å². The van der Waals surface area contributed by atoms with Gasteiger partial charge in [0.05, 0.1) is 12.2 Å². The van der Waals surface area contributed by atoms with Crippen LogP contribution in [0.5, 0.6) is 0 Å². The number of nitrogens with one attached hydrogen (secondary N) is 1. The fourth-order valence-electron chi connectivity index (χ4n) is 5.66. The van der Waals surface area contributed by atoms with Gasteiger partial charge in [-0.05, 0) is 69.4 Å². The lowest BCUT2D eigenvalue weighted by molar-refractivity contribution is -0.104. The van der Waals surface area contributed by atoms with E-state index in [2.05, 4.69) is 31.0 Å². The molecule has 0 aromatic carbocycles. The molecule has 4 nitrogen and oxygen atoms in total. The lowest BCUT2D eigenvalue weighted by Gasteiger charge is -2.46. The molecular weight excluding hydrogens is 372 g/mol. The Balaban J connectivity index is 1.48. The molecule has 1 saturated heterocycles. The van der Waals surface area contributed by atoms with Crippen molar-refractivity contribution in [3.05, 3.63) is 66.2 Å². The molecule has 0 radical (unpaired) electrons. The summed E-state index contributed by atoms with van der Waals surface area (Å²) in [7, 11) is 0. The van der Waals surface area contributed by atoms with E-state index in [-0.39, 0.29) is 11.0 Å². The zero-order valence-electron chi connectivity index (χ0n) is 18.4. The van der Waals surface area contributed by atoms with Crippen LogP contribution in [-0.2, 0) is 14.9 Å². The second-order valence-corrected chi connectivity index (χ2v) is 9.20. The number of hydrogen-bond acceptors (Lipinski definition) is 4. The number of ether oxygens (including phenoxy) is 2. The average Bonchev–Trinajstić information content (AvgIpc) is 3.22. The van der Waals surface area contributed by atoms with Crippen molar-refractivity contribution in [2.45, 2.75) is 75.3 Å². The second kappa shape index (κ2) is 9.49. The summed E-state index contributed by atoms with van der Waals surface area (Å²) in [6.07, 6.45) is 17.0. The lowest BCUT2D eigenvalue weighted by atomic mass is 9.68. The number of aromatic nitrogens is 1. The van der Waals surface area contributed by atoms with Crippen LogP contribution in [0, 0.1) is 0 Å². The Morgan fingerprint density at radius 2 is 2.10 bits per heavy atom. The van der Waals surface area contributed by atoms with Crippen LogP contribution in [0.25, 0.3) is 0 Å². The maximum atomic E-state index is 6.38. The second-order valence-electron chi connectivity index (χ2n) is 9.20. The van der Waals surface area contributed by atoms with Crippen molar-refractivity contribution >= 4 is 0 Å². The Bertz CT molecular complexity index is 779. The summed E-state index contributed by atoms with van der Waals surface area (Å²) < 4.78 is 12.2. The van der Waals surface area contributed by atoms with Gasteiger partial charge in [0.25, 0.3) is 0 Å². The molecule has 1 spiro atoms. The van der Waals surface area contributed by atoms with Gasteiger partial charge in [0.15, 0.2) is 0 Å². The predicted octanol–water partition coefficient (Wildman–Crippen LogP) is 5.23. The SMILES string of the molecule is C=C/C=C\C1=C(C)C(NCC[C@@]2(c3ccccn3)CCOC3(CCCC3)C2)CCO1. The molecule has 162 valence electrons. The van der Waals surface area contributed by atoms with Gasteiger partial charge in [-0.1, -0.05) is 37.6 Å². The first-order chi connectivity index (χ1) is 14.7. The molecule has 1 aliphatic carbocycles. The Morgan fingerprint density at radius 3 is 2.87 bits per heavy atom. The van der Waals surface area contributed by atoms with Gasteiger partial charge >= 0.3 is 0 Å². The van der Waals surface area contributed by atoms with Crippen molar-refractivity contribution in [2.24, 2.45) is 0 Å². The molecule has 2 aliphatic heterocycles. The minimum absolute atomic E-state index is 0.0763. The van der Waals surface area contributed by atoms with Crippen LogP contribution < -0.4 is 5.32 Å². The molecule has 1 N–H and O–H groups in total. The van der Waals surface area contributed by atoms with Gasteiger partial charge in [-0.3, -0.25) is 4.98 Å². The highest BCUT2D eigenvalue weighted by molar-refractivity contribution is 5.27. The van der Waals surface area contributed by atoms with E-state index in [0.29, 0.717) is 6.04 Å². The molecule has 1 aromatic rings. The lowest BCUT2D eigenvalue weighted by Crippen LogP contribution is -2.48. The highest BCUT2D eigenvalue weighted by Crippen LogP contribution is 2.49. The van der Waals surface area contributed by atoms with Crippen molar-refractivity contribution in [2.75, 3.05) is 19.8 Å². The molecule has 1 aromatic heterocycles. The molecule has 2 fully saturated rings. The smallest absolute Gasteiger partial charge is 0.119 e. The molecular formula is C26H36N2O2. The minimum atomic E-state index is 0.0763. The quantitative estimate of drug-likeness (QED) is 0.628. The molecule has 3 heterocycles. The Morgan fingerprint density at radius 1 is 1.23 bits per heavy atom. The predicted molar refractivity (Wildman–Crippen MR) is 121 cm³/mol. The summed E-state index contributed by atoms with van der Waals surface area (Å²) in [6.45, 7) is 8.52. The molecule has 0 amide bonds. The number of allylic oxidation sites excluding steroid dienone is 3. The monoisotopic (exact) mass is 408 g/mol. The van der Waals surface area contributed by atoms with E-state index in [1.54, 1.807) is 6.08 Å². The Kier molecular flexibility index (Phi) is 6.74. The summed E-state index contributed by atoms with van der Waals surface area (Å²) in [4.78, 5) is 4.82. The van der Waals surface area contributed by atoms with Gasteiger partial charge < -0.3 is 14.8 Å². The standard InChI is InChI=1S/C26H36N2O2/c1-3-4-9-23-21(2)22(11-18-29-23)27-17-14-25(24-10-5-8-16-28-24)15-19-30-26(20-25)12-6-7-13-26/h3-5,8-10,16,22,27H,1,6-7,11-15,17-20H2,2H3/b9-4-/t22?,25-/m1/s1. The number of hydrogen-bond donors (Lipinski definition) is 1. The number of pyridine rings is 1. The molecule has 2 atom stereocenters. The zero-order chi connectivity index (χ0) is 20.9. The largest absolute Gasteiger partial charge is 0.494 e. The first kappa shape index (κ1) is 21.3. The number of rotatable bonds is 7. The summed E-state index contributed by atoms with van der Waals surface area (Å²) >= 11 is 0. The third-order valence-corrected chi connectivity index (χ3v) is 7.33. The van der Waals surface area contributed by atoms with E-state index in [1.807, 2.05) is 24.4 Å². The van der Waals surface area contributed by atoms with Gasteiger partial charge in [0.2, 0.25) is 0 Å². The molecule has 30 heavy (non-hydrogen) atoms. The summed E-state index contributed by atoms with van der Waals surface area (Å²) in [5.41, 5.74) is 2.71. The van der Waals surface area contributed by atoms with Gasteiger partial charge in [0.1, 0.15) is 5.76 Å². The van der Waals surface area contributed by atoms with Gasteiger partial charge in [0, 0.05) is 36.4 Å². The third kappa shape index (κ3) is 4.55. The zero-order valence-corrected chi connectivity index (χ0v) is 18.4. The molecule has 1 unspecified atom stereocenters. The fourth-order valence-corrected chi connectivity index (χ4v) is 5.66. The van der Waals surface area contributed by atoms with Crippen LogP contribution in [0.2, 0.25) is 0 Å². The molecule has 4 heteroatoms. The summed E-state index contributed by atoms with van der Waals surface area (Å²) in [5.74, 6) is 0.981. The van der Waals surface area contributed by atoms with Crippen LogP contribution >= 0.6 is 0 Å².